The summed E-state index contributed by atoms with van der Waals surface area (Å²) in [7, 11) is 0. The van der Waals surface area contributed by atoms with Crippen molar-refractivity contribution >= 4 is 26.8 Å². The van der Waals surface area contributed by atoms with E-state index >= 15 is 0 Å². The highest BCUT2D eigenvalue weighted by atomic mass is 79.9. The van der Waals surface area contributed by atoms with Crippen LogP contribution >= 0.6 is 15.9 Å². The minimum Gasteiger partial charge on any atom is -0.255 e. The van der Waals surface area contributed by atoms with Crippen LogP contribution in [0, 0.1) is 5.82 Å². The summed E-state index contributed by atoms with van der Waals surface area (Å²) in [5, 5.41) is 4.86. The molecule has 14 heavy (non-hydrogen) atoms. The van der Waals surface area contributed by atoms with Gasteiger partial charge in [-0.1, -0.05) is 6.07 Å². The van der Waals surface area contributed by atoms with Crippen molar-refractivity contribution in [2.45, 2.75) is 19.9 Å². The molecule has 0 aliphatic carbocycles. The zero-order chi connectivity index (χ0) is 10.3. The number of rotatable bonds is 1. The van der Waals surface area contributed by atoms with Crippen LogP contribution in [0.15, 0.2) is 22.8 Å². The molecule has 0 saturated heterocycles. The van der Waals surface area contributed by atoms with Gasteiger partial charge in [0.05, 0.1) is 10.9 Å². The van der Waals surface area contributed by atoms with Crippen LogP contribution in [0.25, 0.3) is 10.9 Å². The van der Waals surface area contributed by atoms with E-state index in [1.807, 2.05) is 19.9 Å². The van der Waals surface area contributed by atoms with Crippen LogP contribution < -0.4 is 0 Å². The molecule has 1 aromatic heterocycles. The highest BCUT2D eigenvalue weighted by Gasteiger charge is 2.13. The van der Waals surface area contributed by atoms with Crippen molar-refractivity contribution in [1.29, 1.82) is 0 Å². The Kier molecular flexibility index (Phi) is 2.31. The maximum absolute atomic E-state index is 13.4. The molecule has 0 atom stereocenters. The standard InChI is InChI=1S/C10H10BrFN2/c1-6(2)14-10(11)9-7(12)4-3-5-8(9)13-14/h3-6H,1-2H3. The normalized spacial score (nSPS) is 11.5. The number of hydrogen-bond donors (Lipinski definition) is 0. The van der Waals surface area contributed by atoms with Crippen LogP contribution in [0.3, 0.4) is 0 Å². The fourth-order valence-electron chi connectivity index (χ4n) is 1.42. The van der Waals surface area contributed by atoms with Gasteiger partial charge in [-0.15, -0.1) is 0 Å². The molecule has 2 aromatic rings. The van der Waals surface area contributed by atoms with E-state index in [4.69, 9.17) is 0 Å². The van der Waals surface area contributed by atoms with Crippen LogP contribution in [0.1, 0.15) is 19.9 Å². The van der Waals surface area contributed by atoms with Gasteiger partial charge >= 0.3 is 0 Å². The third kappa shape index (κ3) is 1.34. The Balaban J connectivity index is 2.81. The van der Waals surface area contributed by atoms with Gasteiger partial charge in [0.15, 0.2) is 0 Å². The lowest BCUT2D eigenvalue weighted by atomic mass is 10.2. The van der Waals surface area contributed by atoms with Gasteiger partial charge in [0.2, 0.25) is 0 Å². The molecule has 0 N–H and O–H groups in total. The van der Waals surface area contributed by atoms with Crippen molar-refractivity contribution in [3.63, 3.8) is 0 Å². The number of benzene rings is 1. The van der Waals surface area contributed by atoms with Gasteiger partial charge in [0.25, 0.3) is 0 Å². The van der Waals surface area contributed by atoms with Gasteiger partial charge in [-0.3, -0.25) is 4.68 Å². The zero-order valence-corrected chi connectivity index (χ0v) is 9.55. The average Bonchev–Trinajstić information content (AvgIpc) is 2.45. The minimum atomic E-state index is -0.235. The Labute approximate surface area is 89.8 Å². The summed E-state index contributed by atoms with van der Waals surface area (Å²) in [5.41, 5.74) is 0.686. The lowest BCUT2D eigenvalue weighted by Gasteiger charge is -2.05. The molecule has 4 heteroatoms. The number of nitrogens with zero attached hydrogens (tertiary/aromatic N) is 2. The summed E-state index contributed by atoms with van der Waals surface area (Å²) in [6.45, 7) is 4.02. The van der Waals surface area contributed by atoms with E-state index in [0.29, 0.717) is 15.5 Å². The van der Waals surface area contributed by atoms with Gasteiger partial charge in [0.1, 0.15) is 10.4 Å². The second kappa shape index (κ2) is 3.35. The molecule has 0 saturated carbocycles. The van der Waals surface area contributed by atoms with Gasteiger partial charge in [-0.05, 0) is 41.9 Å². The maximum atomic E-state index is 13.4. The first kappa shape index (κ1) is 9.65. The van der Waals surface area contributed by atoms with Crippen molar-refractivity contribution in [2.24, 2.45) is 0 Å². The average molecular weight is 257 g/mol. The first-order valence-corrected chi connectivity index (χ1v) is 5.23. The van der Waals surface area contributed by atoms with Crippen LogP contribution in [0.2, 0.25) is 0 Å². The zero-order valence-electron chi connectivity index (χ0n) is 7.96. The largest absolute Gasteiger partial charge is 0.255 e. The van der Waals surface area contributed by atoms with E-state index in [1.165, 1.54) is 6.07 Å². The Hall–Kier alpha value is -0.900. The Bertz CT molecular complexity index is 476. The van der Waals surface area contributed by atoms with Gasteiger partial charge in [0, 0.05) is 6.04 Å². The predicted octanol–water partition coefficient (Wildman–Crippen LogP) is 3.52. The Morgan fingerprint density at radius 1 is 1.43 bits per heavy atom. The predicted molar refractivity (Wildman–Crippen MR) is 57.8 cm³/mol. The van der Waals surface area contributed by atoms with Crippen molar-refractivity contribution in [2.75, 3.05) is 0 Å². The molecule has 0 aliphatic rings. The fourth-order valence-corrected chi connectivity index (χ4v) is 2.30. The number of hydrogen-bond acceptors (Lipinski definition) is 1. The summed E-state index contributed by atoms with van der Waals surface area (Å²) >= 11 is 3.36. The highest BCUT2D eigenvalue weighted by Crippen LogP contribution is 2.28. The maximum Gasteiger partial charge on any atom is 0.135 e. The summed E-state index contributed by atoms with van der Waals surface area (Å²) in [4.78, 5) is 0. The molecule has 74 valence electrons. The lowest BCUT2D eigenvalue weighted by molar-refractivity contribution is 0.526. The minimum absolute atomic E-state index is 0.219. The SMILES string of the molecule is CC(C)n1nc2cccc(F)c2c1Br. The summed E-state index contributed by atoms with van der Waals surface area (Å²) in [6, 6.07) is 5.14. The quantitative estimate of drug-likeness (QED) is 0.764. The van der Waals surface area contributed by atoms with E-state index in [0.717, 1.165) is 0 Å². The van der Waals surface area contributed by atoms with Crippen molar-refractivity contribution in [1.82, 2.24) is 9.78 Å². The smallest absolute Gasteiger partial charge is 0.135 e. The highest BCUT2D eigenvalue weighted by molar-refractivity contribution is 9.10. The van der Waals surface area contributed by atoms with E-state index in [2.05, 4.69) is 21.0 Å². The first-order chi connectivity index (χ1) is 6.61. The van der Waals surface area contributed by atoms with Crippen LogP contribution in [-0.4, -0.2) is 9.78 Å². The fraction of sp³-hybridized carbons (Fsp3) is 0.300. The lowest BCUT2D eigenvalue weighted by Crippen LogP contribution is -2.02. The van der Waals surface area contributed by atoms with E-state index in [1.54, 1.807) is 10.7 Å². The number of fused-ring (bicyclic) bond motifs is 1. The molecule has 0 radical (unpaired) electrons. The molecule has 0 spiro atoms. The van der Waals surface area contributed by atoms with Gasteiger partial charge in [-0.25, -0.2) is 4.39 Å². The summed E-state index contributed by atoms with van der Waals surface area (Å²) < 4.78 is 15.9. The second-order valence-corrected chi connectivity index (χ2v) is 4.21. The second-order valence-electron chi connectivity index (χ2n) is 3.46. The molecule has 0 unspecified atom stereocenters. The van der Waals surface area contributed by atoms with Crippen molar-refractivity contribution < 1.29 is 4.39 Å². The van der Waals surface area contributed by atoms with E-state index in [-0.39, 0.29) is 11.9 Å². The van der Waals surface area contributed by atoms with E-state index in [9.17, 15) is 4.39 Å². The summed E-state index contributed by atoms with van der Waals surface area (Å²) in [5.74, 6) is -0.235. The molecule has 0 amide bonds. The van der Waals surface area contributed by atoms with Crippen molar-refractivity contribution in [3.05, 3.63) is 28.6 Å². The molecule has 1 heterocycles. The van der Waals surface area contributed by atoms with Gasteiger partial charge < -0.3 is 0 Å². The molecular weight excluding hydrogens is 247 g/mol. The summed E-state index contributed by atoms with van der Waals surface area (Å²) in [6.07, 6.45) is 0. The topological polar surface area (TPSA) is 17.8 Å². The Morgan fingerprint density at radius 3 is 2.71 bits per heavy atom. The Morgan fingerprint density at radius 2 is 2.14 bits per heavy atom. The number of halogens is 2. The molecule has 2 nitrogen and oxygen atoms in total. The van der Waals surface area contributed by atoms with Crippen LogP contribution in [0.5, 0.6) is 0 Å². The molecule has 0 fully saturated rings. The molecule has 2 rings (SSSR count). The van der Waals surface area contributed by atoms with Crippen molar-refractivity contribution in [3.8, 4) is 0 Å². The monoisotopic (exact) mass is 256 g/mol. The molecular formula is C10H10BrFN2. The molecule has 0 bridgehead atoms. The van der Waals surface area contributed by atoms with Crippen LogP contribution in [-0.2, 0) is 0 Å². The molecule has 1 aromatic carbocycles. The van der Waals surface area contributed by atoms with E-state index < -0.39 is 0 Å². The van der Waals surface area contributed by atoms with Crippen LogP contribution in [0.4, 0.5) is 4.39 Å². The van der Waals surface area contributed by atoms with Gasteiger partial charge in [-0.2, -0.15) is 5.10 Å². The molecule has 0 aliphatic heterocycles. The third-order valence-corrected chi connectivity index (χ3v) is 2.86. The first-order valence-electron chi connectivity index (χ1n) is 4.43. The number of aromatic nitrogens is 2. The third-order valence-electron chi connectivity index (χ3n) is 2.10.